The summed E-state index contributed by atoms with van der Waals surface area (Å²) in [6.45, 7) is 0. The lowest BCUT2D eigenvalue weighted by molar-refractivity contribution is -0.114. The van der Waals surface area contributed by atoms with E-state index in [0.717, 1.165) is 5.56 Å². The highest BCUT2D eigenvalue weighted by molar-refractivity contribution is 7.90. The van der Waals surface area contributed by atoms with E-state index in [1.54, 1.807) is 24.3 Å². The zero-order valence-corrected chi connectivity index (χ0v) is 11.4. The minimum absolute atomic E-state index is 0.0569. The van der Waals surface area contributed by atoms with Gasteiger partial charge in [0, 0.05) is 6.08 Å². The van der Waals surface area contributed by atoms with Gasteiger partial charge in [0.1, 0.15) is 0 Å². The van der Waals surface area contributed by atoms with Gasteiger partial charge in [-0.1, -0.05) is 48.5 Å². The fourth-order valence-corrected chi connectivity index (χ4v) is 2.53. The monoisotopic (exact) mass is 287 g/mol. The van der Waals surface area contributed by atoms with E-state index in [1.165, 1.54) is 18.2 Å². The Morgan fingerprint density at radius 2 is 1.45 bits per heavy atom. The molecule has 2 rings (SSSR count). The van der Waals surface area contributed by atoms with Gasteiger partial charge in [0.2, 0.25) is 0 Å². The molecule has 2 aromatic rings. The maximum absolute atomic E-state index is 11.9. The third kappa shape index (κ3) is 3.80. The first-order valence-electron chi connectivity index (χ1n) is 5.93. The van der Waals surface area contributed by atoms with Gasteiger partial charge in [0.05, 0.1) is 4.90 Å². The van der Waals surface area contributed by atoms with E-state index >= 15 is 0 Å². The van der Waals surface area contributed by atoms with Crippen molar-refractivity contribution in [3.05, 3.63) is 72.3 Å². The van der Waals surface area contributed by atoms with Crippen LogP contribution in [0.1, 0.15) is 5.56 Å². The molecule has 0 aliphatic rings. The van der Waals surface area contributed by atoms with Gasteiger partial charge in [-0.2, -0.15) is 0 Å². The summed E-state index contributed by atoms with van der Waals surface area (Å²) in [6, 6.07) is 16.9. The van der Waals surface area contributed by atoms with Crippen LogP contribution in [0.25, 0.3) is 6.08 Å². The van der Waals surface area contributed by atoms with Crippen LogP contribution >= 0.6 is 0 Å². The van der Waals surface area contributed by atoms with Gasteiger partial charge in [-0.3, -0.25) is 4.79 Å². The van der Waals surface area contributed by atoms with E-state index in [0.29, 0.717) is 0 Å². The van der Waals surface area contributed by atoms with Crippen molar-refractivity contribution in [2.45, 2.75) is 4.90 Å². The standard InChI is InChI=1S/C15H13NO3S/c17-15(12-11-13-7-3-1-4-8-13)16-20(18,19)14-9-5-2-6-10-14/h1-12H,(H,16,17)/b12-11+. The van der Waals surface area contributed by atoms with Crippen LogP contribution < -0.4 is 4.72 Å². The number of sulfonamides is 1. The molecule has 0 aliphatic carbocycles. The number of hydrogen-bond donors (Lipinski definition) is 1. The molecule has 102 valence electrons. The summed E-state index contributed by atoms with van der Waals surface area (Å²) in [5, 5.41) is 0. The first kappa shape index (κ1) is 14.0. The minimum Gasteiger partial charge on any atom is -0.269 e. The van der Waals surface area contributed by atoms with Crippen LogP contribution in [-0.4, -0.2) is 14.3 Å². The molecule has 0 radical (unpaired) electrons. The average molecular weight is 287 g/mol. The summed E-state index contributed by atoms with van der Waals surface area (Å²) in [4.78, 5) is 11.7. The van der Waals surface area contributed by atoms with Crippen molar-refractivity contribution in [3.8, 4) is 0 Å². The van der Waals surface area contributed by atoms with Gasteiger partial charge in [0.25, 0.3) is 15.9 Å². The van der Waals surface area contributed by atoms with Crippen molar-refractivity contribution < 1.29 is 13.2 Å². The SMILES string of the molecule is O=C(/C=C/c1ccccc1)NS(=O)(=O)c1ccccc1. The third-order valence-corrected chi connectivity index (χ3v) is 3.88. The zero-order valence-electron chi connectivity index (χ0n) is 10.6. The highest BCUT2D eigenvalue weighted by atomic mass is 32.2. The lowest BCUT2D eigenvalue weighted by Crippen LogP contribution is -2.28. The largest absolute Gasteiger partial charge is 0.269 e. The maximum Gasteiger partial charge on any atom is 0.264 e. The second-order valence-electron chi connectivity index (χ2n) is 4.03. The van der Waals surface area contributed by atoms with E-state index < -0.39 is 15.9 Å². The Balaban J connectivity index is 2.07. The summed E-state index contributed by atoms with van der Waals surface area (Å²) in [7, 11) is -3.81. The highest BCUT2D eigenvalue weighted by Gasteiger charge is 2.15. The van der Waals surface area contributed by atoms with E-state index in [4.69, 9.17) is 0 Å². The molecule has 0 fully saturated rings. The second kappa shape index (κ2) is 6.16. The molecule has 2 aromatic carbocycles. The van der Waals surface area contributed by atoms with Crippen molar-refractivity contribution in [2.24, 2.45) is 0 Å². The Hall–Kier alpha value is -2.40. The third-order valence-electron chi connectivity index (χ3n) is 2.52. The molecule has 5 heteroatoms. The summed E-state index contributed by atoms with van der Waals surface area (Å²) in [6.07, 6.45) is 2.74. The number of amides is 1. The molecule has 1 amide bonds. The minimum atomic E-state index is -3.81. The average Bonchev–Trinajstić information content (AvgIpc) is 2.47. The van der Waals surface area contributed by atoms with Gasteiger partial charge < -0.3 is 0 Å². The van der Waals surface area contributed by atoms with E-state index in [9.17, 15) is 13.2 Å². The summed E-state index contributed by atoms with van der Waals surface area (Å²) >= 11 is 0. The van der Waals surface area contributed by atoms with Crippen molar-refractivity contribution in [1.82, 2.24) is 4.72 Å². The first-order valence-corrected chi connectivity index (χ1v) is 7.41. The van der Waals surface area contributed by atoms with Crippen LogP contribution in [0, 0.1) is 0 Å². The molecule has 0 unspecified atom stereocenters. The number of hydrogen-bond acceptors (Lipinski definition) is 3. The topological polar surface area (TPSA) is 63.2 Å². The van der Waals surface area contributed by atoms with Crippen LogP contribution in [0.4, 0.5) is 0 Å². The Labute approximate surface area is 117 Å². The zero-order chi connectivity index (χ0) is 14.4. The molecule has 0 saturated carbocycles. The van der Waals surface area contributed by atoms with Crippen LogP contribution in [0.3, 0.4) is 0 Å². The molecule has 20 heavy (non-hydrogen) atoms. The van der Waals surface area contributed by atoms with Gasteiger partial charge in [-0.05, 0) is 23.8 Å². The molecule has 0 saturated heterocycles. The van der Waals surface area contributed by atoms with Crippen molar-refractivity contribution in [3.63, 3.8) is 0 Å². The fourth-order valence-electron chi connectivity index (χ4n) is 1.56. The lowest BCUT2D eigenvalue weighted by atomic mass is 10.2. The Morgan fingerprint density at radius 3 is 2.05 bits per heavy atom. The molecule has 0 atom stereocenters. The number of carbonyl (C=O) groups excluding carboxylic acids is 1. The fraction of sp³-hybridized carbons (Fsp3) is 0. The Kier molecular flexibility index (Phi) is 4.32. The molecular formula is C15H13NO3S. The van der Waals surface area contributed by atoms with E-state index in [-0.39, 0.29) is 4.90 Å². The van der Waals surface area contributed by atoms with Crippen LogP contribution in [-0.2, 0) is 14.8 Å². The molecule has 0 aromatic heterocycles. The van der Waals surface area contributed by atoms with Crippen LogP contribution in [0.2, 0.25) is 0 Å². The molecule has 4 nitrogen and oxygen atoms in total. The predicted molar refractivity (Wildman–Crippen MR) is 77.2 cm³/mol. The van der Waals surface area contributed by atoms with Gasteiger partial charge >= 0.3 is 0 Å². The normalized spacial score (nSPS) is 11.4. The van der Waals surface area contributed by atoms with Crippen LogP contribution in [0.15, 0.2) is 71.6 Å². The number of nitrogens with one attached hydrogen (secondary N) is 1. The Morgan fingerprint density at radius 1 is 0.900 bits per heavy atom. The maximum atomic E-state index is 11.9. The van der Waals surface area contributed by atoms with Crippen molar-refractivity contribution >= 4 is 22.0 Å². The van der Waals surface area contributed by atoms with E-state index in [2.05, 4.69) is 0 Å². The summed E-state index contributed by atoms with van der Waals surface area (Å²) in [5.41, 5.74) is 0.819. The second-order valence-corrected chi connectivity index (χ2v) is 5.71. The molecule has 0 bridgehead atoms. The molecule has 0 spiro atoms. The van der Waals surface area contributed by atoms with Gasteiger partial charge in [-0.25, -0.2) is 13.1 Å². The molecule has 0 heterocycles. The van der Waals surface area contributed by atoms with Gasteiger partial charge in [-0.15, -0.1) is 0 Å². The molecule has 1 N–H and O–H groups in total. The first-order chi connectivity index (χ1) is 9.58. The summed E-state index contributed by atoms with van der Waals surface area (Å²) in [5.74, 6) is -0.683. The van der Waals surface area contributed by atoms with Crippen molar-refractivity contribution in [2.75, 3.05) is 0 Å². The van der Waals surface area contributed by atoms with E-state index in [1.807, 2.05) is 35.1 Å². The highest BCUT2D eigenvalue weighted by Crippen LogP contribution is 2.07. The Bertz CT molecular complexity index is 707. The number of carbonyl (C=O) groups is 1. The quantitative estimate of drug-likeness (QED) is 0.877. The molecular weight excluding hydrogens is 274 g/mol. The lowest BCUT2D eigenvalue weighted by Gasteiger charge is -2.04. The molecule has 0 aliphatic heterocycles. The number of benzene rings is 2. The van der Waals surface area contributed by atoms with Crippen molar-refractivity contribution in [1.29, 1.82) is 0 Å². The van der Waals surface area contributed by atoms with Crippen LogP contribution in [0.5, 0.6) is 0 Å². The predicted octanol–water partition coefficient (Wildman–Crippen LogP) is 2.20. The summed E-state index contributed by atoms with van der Waals surface area (Å²) < 4.78 is 25.8. The smallest absolute Gasteiger partial charge is 0.264 e. The van der Waals surface area contributed by atoms with Gasteiger partial charge in [0.15, 0.2) is 0 Å². The number of rotatable bonds is 4.